The van der Waals surface area contributed by atoms with E-state index in [4.69, 9.17) is 4.74 Å². The smallest absolute Gasteiger partial charge is 0.339 e. The van der Waals surface area contributed by atoms with E-state index in [1.807, 2.05) is 6.92 Å². The second kappa shape index (κ2) is 7.09. The fraction of sp³-hybridized carbons (Fsp3) is 0.294. The second-order valence-corrected chi connectivity index (χ2v) is 5.19. The van der Waals surface area contributed by atoms with E-state index < -0.39 is 11.8 Å². The van der Waals surface area contributed by atoms with E-state index in [0.717, 1.165) is 12.5 Å². The minimum Gasteiger partial charge on any atom is -0.495 e. The summed E-state index contributed by atoms with van der Waals surface area (Å²) in [5.74, 6) is -1.07. The van der Waals surface area contributed by atoms with Crippen LogP contribution in [0, 0.1) is 5.82 Å². The van der Waals surface area contributed by atoms with Gasteiger partial charge in [0.15, 0.2) is 0 Å². The Morgan fingerprint density at radius 1 is 1.39 bits per heavy atom. The van der Waals surface area contributed by atoms with Gasteiger partial charge < -0.3 is 15.2 Å². The summed E-state index contributed by atoms with van der Waals surface area (Å²) in [5.41, 5.74) is 0.456. The molecule has 0 aliphatic heterocycles. The van der Waals surface area contributed by atoms with Crippen LogP contribution in [0.5, 0.6) is 5.75 Å². The number of aromatic nitrogens is 1. The number of hydrogen-bond donors (Lipinski definition) is 2. The molecule has 0 aliphatic rings. The van der Waals surface area contributed by atoms with Gasteiger partial charge in [-0.05, 0) is 37.6 Å². The molecule has 0 spiro atoms. The lowest BCUT2D eigenvalue weighted by atomic mass is 10.0. The van der Waals surface area contributed by atoms with Gasteiger partial charge in [0.05, 0.1) is 12.7 Å². The van der Waals surface area contributed by atoms with Gasteiger partial charge in [0.25, 0.3) is 0 Å². The van der Waals surface area contributed by atoms with Crippen molar-refractivity contribution in [2.75, 3.05) is 12.4 Å². The lowest BCUT2D eigenvalue weighted by Gasteiger charge is -2.14. The molecule has 0 radical (unpaired) electrons. The highest BCUT2D eigenvalue weighted by Crippen LogP contribution is 2.35. The second-order valence-electron chi connectivity index (χ2n) is 5.19. The monoisotopic (exact) mass is 318 g/mol. The summed E-state index contributed by atoms with van der Waals surface area (Å²) in [5, 5.41) is 12.4. The Bertz CT molecular complexity index is 702. The van der Waals surface area contributed by atoms with Crippen LogP contribution in [0.4, 0.5) is 10.2 Å². The first-order chi connectivity index (χ1) is 11.0. The largest absolute Gasteiger partial charge is 0.495 e. The summed E-state index contributed by atoms with van der Waals surface area (Å²) in [7, 11) is 1.32. The number of halogens is 1. The average molecular weight is 318 g/mol. The zero-order valence-corrected chi connectivity index (χ0v) is 13.3. The van der Waals surface area contributed by atoms with E-state index in [9.17, 15) is 14.3 Å². The number of pyridine rings is 1. The Balaban J connectivity index is 2.45. The topological polar surface area (TPSA) is 71.5 Å². The first-order valence-electron chi connectivity index (χ1n) is 7.30. The van der Waals surface area contributed by atoms with Crippen LogP contribution in [0.2, 0.25) is 0 Å². The highest BCUT2D eigenvalue weighted by atomic mass is 19.1. The number of aromatic carboxylic acids is 1. The first-order valence-corrected chi connectivity index (χ1v) is 7.30. The number of carboxylic acid groups (broad SMARTS) is 1. The van der Waals surface area contributed by atoms with Crippen LogP contribution in [0.15, 0.2) is 30.5 Å². The van der Waals surface area contributed by atoms with E-state index in [2.05, 4.69) is 17.2 Å². The number of ether oxygens (including phenoxy) is 1. The van der Waals surface area contributed by atoms with E-state index in [1.165, 1.54) is 19.4 Å². The van der Waals surface area contributed by atoms with E-state index in [1.54, 1.807) is 12.1 Å². The maximum atomic E-state index is 14.2. The van der Waals surface area contributed by atoms with Crippen molar-refractivity contribution in [2.45, 2.75) is 26.3 Å². The summed E-state index contributed by atoms with van der Waals surface area (Å²) < 4.78 is 19.3. The molecule has 0 bridgehead atoms. The predicted molar refractivity (Wildman–Crippen MR) is 86.5 cm³/mol. The van der Waals surface area contributed by atoms with E-state index in [0.29, 0.717) is 11.4 Å². The average Bonchev–Trinajstić information content (AvgIpc) is 2.54. The number of methoxy groups -OCH3 is 1. The lowest BCUT2D eigenvalue weighted by Crippen LogP contribution is -2.14. The molecule has 1 heterocycles. The van der Waals surface area contributed by atoms with E-state index >= 15 is 0 Å². The Labute approximate surface area is 134 Å². The van der Waals surface area contributed by atoms with Crippen molar-refractivity contribution in [3.05, 3.63) is 41.8 Å². The number of nitrogens with zero attached hydrogens (tertiary/aromatic N) is 1. The molecule has 0 aliphatic carbocycles. The number of anilines is 1. The molecular weight excluding hydrogens is 299 g/mol. The molecule has 0 fully saturated rings. The number of hydrogen-bond acceptors (Lipinski definition) is 4. The molecule has 0 amide bonds. The quantitative estimate of drug-likeness (QED) is 0.847. The van der Waals surface area contributed by atoms with Crippen LogP contribution in [-0.4, -0.2) is 29.2 Å². The standard InChI is InChI=1S/C17H19FN2O3/c1-4-10(2)20-14-8-5-11(9-19-14)15-13(18)7-6-12(17(21)22)16(15)23-3/h5-10H,4H2,1-3H3,(H,19,20)(H,21,22). The number of rotatable bonds is 6. The third-order valence-electron chi connectivity index (χ3n) is 3.60. The molecule has 1 atom stereocenters. The summed E-state index contributed by atoms with van der Waals surface area (Å²) >= 11 is 0. The Morgan fingerprint density at radius 2 is 2.13 bits per heavy atom. The first kappa shape index (κ1) is 16.7. The zero-order chi connectivity index (χ0) is 17.0. The summed E-state index contributed by atoms with van der Waals surface area (Å²) in [6.07, 6.45) is 2.45. The molecule has 6 heteroatoms. The summed E-state index contributed by atoms with van der Waals surface area (Å²) in [4.78, 5) is 15.5. The third kappa shape index (κ3) is 3.59. The maximum Gasteiger partial charge on any atom is 0.339 e. The van der Waals surface area contributed by atoms with Crippen molar-refractivity contribution < 1.29 is 19.0 Å². The van der Waals surface area contributed by atoms with Crippen LogP contribution in [-0.2, 0) is 0 Å². The van der Waals surface area contributed by atoms with Crippen molar-refractivity contribution in [3.8, 4) is 16.9 Å². The maximum absolute atomic E-state index is 14.2. The molecular formula is C17H19FN2O3. The van der Waals surface area contributed by atoms with E-state index in [-0.39, 0.29) is 22.9 Å². The fourth-order valence-corrected chi connectivity index (χ4v) is 2.19. The fourth-order valence-electron chi connectivity index (χ4n) is 2.19. The molecule has 122 valence electrons. The Kier molecular flexibility index (Phi) is 5.16. The number of carboxylic acids is 1. The molecule has 1 aromatic heterocycles. The van der Waals surface area contributed by atoms with Gasteiger partial charge in [-0.3, -0.25) is 0 Å². The van der Waals surface area contributed by atoms with Crippen molar-refractivity contribution in [1.29, 1.82) is 0 Å². The highest BCUT2D eigenvalue weighted by Gasteiger charge is 2.20. The van der Waals surface area contributed by atoms with Crippen LogP contribution in [0.25, 0.3) is 11.1 Å². The number of nitrogens with one attached hydrogen (secondary N) is 1. The minimum absolute atomic E-state index is 0.0121. The molecule has 0 saturated carbocycles. The van der Waals surface area contributed by atoms with Gasteiger partial charge in [-0.1, -0.05) is 6.92 Å². The molecule has 1 aromatic carbocycles. The number of carbonyl (C=O) groups is 1. The van der Waals surface area contributed by atoms with Gasteiger partial charge >= 0.3 is 5.97 Å². The normalized spacial score (nSPS) is 11.8. The molecule has 5 nitrogen and oxygen atoms in total. The molecule has 23 heavy (non-hydrogen) atoms. The van der Waals surface area contributed by atoms with Crippen LogP contribution < -0.4 is 10.1 Å². The van der Waals surface area contributed by atoms with Crippen molar-refractivity contribution in [1.82, 2.24) is 4.98 Å². The summed E-state index contributed by atoms with van der Waals surface area (Å²) in [6.45, 7) is 4.10. The molecule has 1 unspecified atom stereocenters. The Hall–Kier alpha value is -2.63. The SMILES string of the molecule is CCC(C)Nc1ccc(-c2c(F)ccc(C(=O)O)c2OC)cn1. The summed E-state index contributed by atoms with van der Waals surface area (Å²) in [6, 6.07) is 5.99. The van der Waals surface area contributed by atoms with Gasteiger partial charge in [-0.25, -0.2) is 14.2 Å². The van der Waals surface area contributed by atoms with Crippen molar-refractivity contribution in [2.24, 2.45) is 0 Å². The molecule has 2 N–H and O–H groups in total. The zero-order valence-electron chi connectivity index (χ0n) is 13.3. The minimum atomic E-state index is -1.17. The van der Waals surface area contributed by atoms with Gasteiger partial charge in [-0.15, -0.1) is 0 Å². The highest BCUT2D eigenvalue weighted by molar-refractivity contribution is 5.94. The van der Waals surface area contributed by atoms with Crippen molar-refractivity contribution >= 4 is 11.8 Å². The lowest BCUT2D eigenvalue weighted by molar-refractivity contribution is 0.0693. The third-order valence-corrected chi connectivity index (χ3v) is 3.60. The van der Waals surface area contributed by atoms with Gasteiger partial charge in [0, 0.05) is 17.8 Å². The van der Waals surface area contributed by atoms with Gasteiger partial charge in [0.1, 0.15) is 22.9 Å². The van der Waals surface area contributed by atoms with Crippen LogP contribution in [0.3, 0.4) is 0 Å². The molecule has 2 aromatic rings. The Morgan fingerprint density at radius 3 is 2.65 bits per heavy atom. The number of benzene rings is 1. The van der Waals surface area contributed by atoms with Gasteiger partial charge in [0.2, 0.25) is 0 Å². The molecule has 2 rings (SSSR count). The van der Waals surface area contributed by atoms with Crippen LogP contribution >= 0.6 is 0 Å². The van der Waals surface area contributed by atoms with Crippen LogP contribution in [0.1, 0.15) is 30.6 Å². The molecule has 0 saturated heterocycles. The van der Waals surface area contributed by atoms with Gasteiger partial charge in [-0.2, -0.15) is 0 Å². The van der Waals surface area contributed by atoms with Crippen molar-refractivity contribution in [3.63, 3.8) is 0 Å². The predicted octanol–water partition coefficient (Wildman–Crippen LogP) is 3.80.